The van der Waals surface area contributed by atoms with Gasteiger partial charge in [0.1, 0.15) is 5.69 Å². The Hall–Kier alpha value is -1.71. The van der Waals surface area contributed by atoms with Crippen LogP contribution in [0.1, 0.15) is 6.42 Å². The number of rotatable bonds is 7. The molecule has 0 aliphatic rings. The first-order chi connectivity index (χ1) is 9.24. The maximum atomic E-state index is 12.0. The van der Waals surface area contributed by atoms with E-state index in [2.05, 4.69) is 4.72 Å². The average molecular weight is 302 g/mol. The maximum Gasteiger partial charge on any atom is 0.293 e. The Bertz CT molecular complexity index is 586. The van der Waals surface area contributed by atoms with Crippen LogP contribution < -0.4 is 10.5 Å². The second-order valence-electron chi connectivity index (χ2n) is 4.53. The predicted molar refractivity (Wildman–Crippen MR) is 75.9 cm³/mol. The van der Waals surface area contributed by atoms with Crippen LogP contribution >= 0.6 is 0 Å². The quantitative estimate of drug-likeness (QED) is 0.326. The highest BCUT2D eigenvalue weighted by Gasteiger charge is 2.19. The number of nitro benzene ring substituents is 1. The van der Waals surface area contributed by atoms with E-state index in [0.29, 0.717) is 6.42 Å². The summed E-state index contributed by atoms with van der Waals surface area (Å²) in [5, 5.41) is 10.7. The summed E-state index contributed by atoms with van der Waals surface area (Å²) < 4.78 is 26.3. The van der Waals surface area contributed by atoms with Crippen molar-refractivity contribution in [3.05, 3.63) is 28.3 Å². The number of anilines is 1. The number of nitro groups is 1. The third-order valence-electron chi connectivity index (χ3n) is 2.58. The first-order valence-corrected chi connectivity index (χ1v) is 7.40. The molecule has 1 aromatic rings. The van der Waals surface area contributed by atoms with Gasteiger partial charge in [-0.25, -0.2) is 13.1 Å². The van der Waals surface area contributed by atoms with Gasteiger partial charge in [-0.2, -0.15) is 0 Å². The van der Waals surface area contributed by atoms with E-state index in [0.717, 1.165) is 12.6 Å². The minimum atomic E-state index is -3.76. The van der Waals surface area contributed by atoms with Crippen LogP contribution in [0.3, 0.4) is 0 Å². The molecule has 0 fully saturated rings. The molecule has 0 aliphatic carbocycles. The number of benzene rings is 1. The molecule has 0 aliphatic heterocycles. The van der Waals surface area contributed by atoms with Crippen molar-refractivity contribution >= 4 is 21.4 Å². The number of nitrogen functional groups attached to an aromatic ring is 1. The molecule has 8 nitrogen and oxygen atoms in total. The van der Waals surface area contributed by atoms with Crippen LogP contribution in [0.15, 0.2) is 23.1 Å². The Kier molecular flexibility index (Phi) is 5.43. The first kappa shape index (κ1) is 16.3. The van der Waals surface area contributed by atoms with Gasteiger partial charge < -0.3 is 10.6 Å². The maximum absolute atomic E-state index is 12.0. The fourth-order valence-electron chi connectivity index (χ4n) is 1.53. The molecule has 0 radical (unpaired) electrons. The fraction of sp³-hybridized carbons (Fsp3) is 0.455. The van der Waals surface area contributed by atoms with Gasteiger partial charge in [0, 0.05) is 12.6 Å². The van der Waals surface area contributed by atoms with Crippen molar-refractivity contribution in [2.75, 3.05) is 32.9 Å². The van der Waals surface area contributed by atoms with Crippen molar-refractivity contribution in [3.8, 4) is 0 Å². The topological polar surface area (TPSA) is 119 Å². The molecule has 1 rings (SSSR count). The largest absolute Gasteiger partial charge is 0.393 e. The van der Waals surface area contributed by atoms with E-state index in [1.54, 1.807) is 0 Å². The molecule has 0 bridgehead atoms. The lowest BCUT2D eigenvalue weighted by Gasteiger charge is -2.10. The zero-order valence-corrected chi connectivity index (χ0v) is 12.2. The summed E-state index contributed by atoms with van der Waals surface area (Å²) in [6.45, 7) is 1.00. The summed E-state index contributed by atoms with van der Waals surface area (Å²) in [5.41, 5.74) is 4.94. The Morgan fingerprint density at radius 1 is 1.40 bits per heavy atom. The number of nitrogens with one attached hydrogen (secondary N) is 1. The number of nitrogens with two attached hydrogens (primary N) is 1. The normalized spacial score (nSPS) is 11.8. The van der Waals surface area contributed by atoms with Crippen LogP contribution in [0.25, 0.3) is 0 Å². The SMILES string of the molecule is CN(C)CCCNS(=O)(=O)c1ccc(N)c([N+](=O)[O-])c1. The molecule has 0 saturated heterocycles. The van der Waals surface area contributed by atoms with Gasteiger partial charge in [0.25, 0.3) is 5.69 Å². The van der Waals surface area contributed by atoms with Gasteiger partial charge in [0.05, 0.1) is 9.82 Å². The molecule has 20 heavy (non-hydrogen) atoms. The molecular formula is C11H18N4O4S. The van der Waals surface area contributed by atoms with Crippen LogP contribution in [0, 0.1) is 10.1 Å². The second-order valence-corrected chi connectivity index (χ2v) is 6.30. The molecule has 0 atom stereocenters. The van der Waals surface area contributed by atoms with Crippen LogP contribution in [0.2, 0.25) is 0 Å². The van der Waals surface area contributed by atoms with E-state index in [4.69, 9.17) is 5.73 Å². The van der Waals surface area contributed by atoms with Crippen molar-refractivity contribution in [1.29, 1.82) is 0 Å². The first-order valence-electron chi connectivity index (χ1n) is 5.92. The zero-order chi connectivity index (χ0) is 15.3. The van der Waals surface area contributed by atoms with Crippen molar-refractivity contribution < 1.29 is 13.3 Å². The summed E-state index contributed by atoms with van der Waals surface area (Å²) in [5.74, 6) is 0. The second kappa shape index (κ2) is 6.64. The van der Waals surface area contributed by atoms with Crippen molar-refractivity contribution in [3.63, 3.8) is 0 Å². The van der Waals surface area contributed by atoms with Gasteiger partial charge in [0.2, 0.25) is 10.0 Å². The molecule has 0 spiro atoms. The zero-order valence-electron chi connectivity index (χ0n) is 11.4. The van der Waals surface area contributed by atoms with E-state index in [-0.39, 0.29) is 17.1 Å². The Morgan fingerprint density at radius 2 is 2.05 bits per heavy atom. The number of hydrogen-bond acceptors (Lipinski definition) is 6. The van der Waals surface area contributed by atoms with Crippen molar-refractivity contribution in [2.24, 2.45) is 0 Å². The standard InChI is InChI=1S/C11H18N4O4S/c1-14(2)7-3-6-13-20(18,19)9-4-5-10(12)11(8-9)15(16)17/h4-5,8,13H,3,6-7,12H2,1-2H3. The van der Waals surface area contributed by atoms with Crippen LogP contribution in [-0.2, 0) is 10.0 Å². The fourth-order valence-corrected chi connectivity index (χ4v) is 2.63. The lowest BCUT2D eigenvalue weighted by molar-refractivity contribution is -0.384. The van der Waals surface area contributed by atoms with Crippen LogP contribution in [-0.4, -0.2) is 45.4 Å². The van der Waals surface area contributed by atoms with Crippen molar-refractivity contribution in [1.82, 2.24) is 9.62 Å². The Balaban J connectivity index is 2.82. The number of hydrogen-bond donors (Lipinski definition) is 2. The molecule has 0 aromatic heterocycles. The molecule has 1 aromatic carbocycles. The van der Waals surface area contributed by atoms with E-state index >= 15 is 0 Å². The van der Waals surface area contributed by atoms with Crippen LogP contribution in [0.5, 0.6) is 0 Å². The number of nitrogens with zero attached hydrogens (tertiary/aromatic N) is 2. The molecule has 112 valence electrons. The summed E-state index contributed by atoms with van der Waals surface area (Å²) in [6.07, 6.45) is 0.642. The molecule has 3 N–H and O–H groups in total. The molecule has 0 amide bonds. The van der Waals surface area contributed by atoms with E-state index < -0.39 is 20.6 Å². The highest BCUT2D eigenvalue weighted by molar-refractivity contribution is 7.89. The minimum Gasteiger partial charge on any atom is -0.393 e. The van der Waals surface area contributed by atoms with Gasteiger partial charge in [0.15, 0.2) is 0 Å². The van der Waals surface area contributed by atoms with E-state index in [1.807, 2.05) is 19.0 Å². The van der Waals surface area contributed by atoms with Crippen molar-refractivity contribution in [2.45, 2.75) is 11.3 Å². The molecule has 0 saturated carbocycles. The van der Waals surface area contributed by atoms with Gasteiger partial charge in [-0.15, -0.1) is 0 Å². The van der Waals surface area contributed by atoms with Gasteiger partial charge >= 0.3 is 0 Å². The van der Waals surface area contributed by atoms with Gasteiger partial charge in [-0.3, -0.25) is 10.1 Å². The smallest absolute Gasteiger partial charge is 0.293 e. The number of sulfonamides is 1. The summed E-state index contributed by atoms with van der Waals surface area (Å²) in [6, 6.07) is 3.42. The van der Waals surface area contributed by atoms with Crippen LogP contribution in [0.4, 0.5) is 11.4 Å². The summed E-state index contributed by atoms with van der Waals surface area (Å²) in [7, 11) is 0.0140. The van der Waals surface area contributed by atoms with Gasteiger partial charge in [-0.05, 0) is 39.2 Å². The van der Waals surface area contributed by atoms with E-state index in [9.17, 15) is 18.5 Å². The molecule has 0 unspecified atom stereocenters. The summed E-state index contributed by atoms with van der Waals surface area (Å²) in [4.78, 5) is 11.8. The minimum absolute atomic E-state index is 0.0680. The highest BCUT2D eigenvalue weighted by atomic mass is 32.2. The summed E-state index contributed by atoms with van der Waals surface area (Å²) >= 11 is 0. The van der Waals surface area contributed by atoms with Gasteiger partial charge in [-0.1, -0.05) is 0 Å². The van der Waals surface area contributed by atoms with E-state index in [1.165, 1.54) is 12.1 Å². The third kappa shape index (κ3) is 4.44. The lowest BCUT2D eigenvalue weighted by atomic mass is 10.3. The Morgan fingerprint density at radius 3 is 2.60 bits per heavy atom. The average Bonchev–Trinajstić information content (AvgIpc) is 2.34. The third-order valence-corrected chi connectivity index (χ3v) is 4.04. The molecule has 9 heteroatoms. The Labute approximate surface area is 117 Å². The monoisotopic (exact) mass is 302 g/mol. The lowest BCUT2D eigenvalue weighted by Crippen LogP contribution is -2.27. The predicted octanol–water partition coefficient (Wildman–Crippen LogP) is 0.407. The molecular weight excluding hydrogens is 284 g/mol. The molecule has 0 heterocycles. The highest BCUT2D eigenvalue weighted by Crippen LogP contribution is 2.24.